The molecule has 6 nitrogen and oxygen atoms in total. The number of urea groups is 1. The Morgan fingerprint density at radius 2 is 1.95 bits per heavy atom. The lowest BCUT2D eigenvalue weighted by molar-refractivity contribution is -0.142. The highest BCUT2D eigenvalue weighted by Crippen LogP contribution is 2.42. The maximum atomic E-state index is 12.8. The van der Waals surface area contributed by atoms with Gasteiger partial charge in [0.25, 0.3) is 0 Å². The molecule has 21 heavy (non-hydrogen) atoms. The standard InChI is InChI=1S/C15H25N3O3/c1-16(2)11-4-3-7-17(9-11)15(21)18-10-5-6-13(18)12(8-10)14(19)20/h10-13H,3-9H2,1-2H3,(H,19,20). The Balaban J connectivity index is 1.70. The van der Waals surface area contributed by atoms with Crippen LogP contribution in [0.25, 0.3) is 0 Å². The lowest BCUT2D eigenvalue weighted by Gasteiger charge is -2.39. The summed E-state index contributed by atoms with van der Waals surface area (Å²) >= 11 is 0. The van der Waals surface area contributed by atoms with Crippen LogP contribution in [0.1, 0.15) is 32.1 Å². The van der Waals surface area contributed by atoms with Crippen molar-refractivity contribution < 1.29 is 14.7 Å². The zero-order chi connectivity index (χ0) is 15.1. The van der Waals surface area contributed by atoms with E-state index in [4.69, 9.17) is 0 Å². The molecular weight excluding hydrogens is 270 g/mol. The maximum absolute atomic E-state index is 12.8. The average molecular weight is 295 g/mol. The number of likely N-dealkylation sites (N-methyl/N-ethyl adjacent to an activating group) is 1. The van der Waals surface area contributed by atoms with Gasteiger partial charge in [-0.05, 0) is 46.2 Å². The van der Waals surface area contributed by atoms with Gasteiger partial charge in [0.2, 0.25) is 0 Å². The second kappa shape index (κ2) is 5.48. The van der Waals surface area contributed by atoms with E-state index in [0.29, 0.717) is 12.5 Å². The van der Waals surface area contributed by atoms with Crippen molar-refractivity contribution >= 4 is 12.0 Å². The highest BCUT2D eigenvalue weighted by atomic mass is 16.4. The van der Waals surface area contributed by atoms with Gasteiger partial charge in [-0.25, -0.2) is 4.79 Å². The van der Waals surface area contributed by atoms with Crippen molar-refractivity contribution in [2.24, 2.45) is 5.92 Å². The first-order chi connectivity index (χ1) is 9.99. The molecule has 0 radical (unpaired) electrons. The molecular formula is C15H25N3O3. The van der Waals surface area contributed by atoms with E-state index in [2.05, 4.69) is 19.0 Å². The topological polar surface area (TPSA) is 64.1 Å². The van der Waals surface area contributed by atoms with Gasteiger partial charge in [0.1, 0.15) is 0 Å². The monoisotopic (exact) mass is 295 g/mol. The Hall–Kier alpha value is -1.30. The minimum absolute atomic E-state index is 0.0674. The fourth-order valence-corrected chi connectivity index (χ4v) is 4.27. The Labute approximate surface area is 125 Å². The van der Waals surface area contributed by atoms with Crippen molar-refractivity contribution in [3.63, 3.8) is 0 Å². The number of carbonyl (C=O) groups excluding carboxylic acids is 1. The zero-order valence-electron chi connectivity index (χ0n) is 12.9. The smallest absolute Gasteiger partial charge is 0.320 e. The van der Waals surface area contributed by atoms with Gasteiger partial charge in [-0.3, -0.25) is 4.79 Å². The van der Waals surface area contributed by atoms with E-state index >= 15 is 0 Å². The minimum Gasteiger partial charge on any atom is -0.481 e. The number of hydrogen-bond acceptors (Lipinski definition) is 3. The summed E-state index contributed by atoms with van der Waals surface area (Å²) in [5.41, 5.74) is 0. The number of likely N-dealkylation sites (tertiary alicyclic amines) is 1. The van der Waals surface area contributed by atoms with Gasteiger partial charge in [0, 0.05) is 31.2 Å². The predicted molar refractivity (Wildman–Crippen MR) is 78.1 cm³/mol. The van der Waals surface area contributed by atoms with Gasteiger partial charge >= 0.3 is 12.0 Å². The molecule has 0 spiro atoms. The third-order valence-corrected chi connectivity index (χ3v) is 5.47. The molecule has 0 aromatic heterocycles. The number of fused-ring (bicyclic) bond motifs is 2. The molecule has 0 aromatic rings. The van der Waals surface area contributed by atoms with Crippen LogP contribution in [0.2, 0.25) is 0 Å². The number of carboxylic acids is 1. The third kappa shape index (κ3) is 2.50. The first-order valence-electron chi connectivity index (χ1n) is 7.95. The summed E-state index contributed by atoms with van der Waals surface area (Å²) in [7, 11) is 4.11. The summed E-state index contributed by atoms with van der Waals surface area (Å²) in [6.07, 6.45) is 4.60. The molecule has 118 valence electrons. The first kappa shape index (κ1) is 14.6. The summed E-state index contributed by atoms with van der Waals surface area (Å²) in [5, 5.41) is 9.30. The van der Waals surface area contributed by atoms with Gasteiger partial charge in [-0.1, -0.05) is 0 Å². The molecule has 3 heterocycles. The molecule has 3 rings (SSSR count). The largest absolute Gasteiger partial charge is 0.481 e. The summed E-state index contributed by atoms with van der Waals surface area (Å²) in [6, 6.07) is 0.541. The number of piperidine rings is 1. The molecule has 6 heteroatoms. The quantitative estimate of drug-likeness (QED) is 0.827. The Morgan fingerprint density at radius 1 is 1.19 bits per heavy atom. The van der Waals surface area contributed by atoms with Crippen molar-refractivity contribution in [3.8, 4) is 0 Å². The number of nitrogens with zero attached hydrogens (tertiary/aromatic N) is 3. The van der Waals surface area contributed by atoms with E-state index in [0.717, 1.165) is 38.8 Å². The van der Waals surface area contributed by atoms with Crippen molar-refractivity contribution in [2.45, 2.75) is 50.2 Å². The molecule has 3 fully saturated rings. The number of amides is 2. The van der Waals surface area contributed by atoms with Crippen LogP contribution in [0.4, 0.5) is 4.79 Å². The van der Waals surface area contributed by atoms with Crippen LogP contribution in [-0.2, 0) is 4.79 Å². The van der Waals surface area contributed by atoms with Crippen LogP contribution < -0.4 is 0 Å². The molecule has 3 aliphatic rings. The van der Waals surface area contributed by atoms with Gasteiger partial charge in [-0.15, -0.1) is 0 Å². The van der Waals surface area contributed by atoms with Crippen molar-refractivity contribution in [2.75, 3.05) is 27.2 Å². The lowest BCUT2D eigenvalue weighted by Crippen LogP contribution is -2.53. The molecule has 2 bridgehead atoms. The average Bonchev–Trinajstić information content (AvgIpc) is 3.04. The van der Waals surface area contributed by atoms with Gasteiger partial charge in [-0.2, -0.15) is 0 Å². The van der Waals surface area contributed by atoms with Crippen molar-refractivity contribution in [1.29, 1.82) is 0 Å². The normalized spacial score (nSPS) is 35.6. The molecule has 0 aliphatic carbocycles. The number of aliphatic carboxylic acids is 1. The Kier molecular flexibility index (Phi) is 3.82. The predicted octanol–water partition coefficient (Wildman–Crippen LogP) is 1.07. The minimum atomic E-state index is -0.746. The zero-order valence-corrected chi connectivity index (χ0v) is 12.9. The molecule has 3 saturated heterocycles. The summed E-state index contributed by atoms with van der Waals surface area (Å²) in [4.78, 5) is 30.2. The van der Waals surface area contributed by atoms with Crippen LogP contribution >= 0.6 is 0 Å². The molecule has 1 N–H and O–H groups in total. The molecule has 0 saturated carbocycles. The number of rotatable bonds is 2. The Morgan fingerprint density at radius 3 is 2.57 bits per heavy atom. The van der Waals surface area contributed by atoms with E-state index in [1.165, 1.54) is 0 Å². The van der Waals surface area contributed by atoms with Gasteiger partial charge in [0.05, 0.1) is 5.92 Å². The van der Waals surface area contributed by atoms with Crippen LogP contribution in [0, 0.1) is 5.92 Å². The van der Waals surface area contributed by atoms with Gasteiger partial charge in [0.15, 0.2) is 0 Å². The lowest BCUT2D eigenvalue weighted by atomic mass is 9.89. The summed E-state index contributed by atoms with van der Waals surface area (Å²) in [6.45, 7) is 1.57. The summed E-state index contributed by atoms with van der Waals surface area (Å²) < 4.78 is 0. The highest BCUT2D eigenvalue weighted by Gasteiger charge is 2.52. The second-order valence-electron chi connectivity index (χ2n) is 6.87. The molecule has 2 amide bonds. The fourth-order valence-electron chi connectivity index (χ4n) is 4.27. The Bertz CT molecular complexity index is 440. The maximum Gasteiger partial charge on any atom is 0.320 e. The van der Waals surface area contributed by atoms with Crippen LogP contribution in [0.5, 0.6) is 0 Å². The number of carbonyl (C=O) groups is 2. The van der Waals surface area contributed by atoms with E-state index in [1.54, 1.807) is 0 Å². The molecule has 0 aromatic carbocycles. The van der Waals surface area contributed by atoms with Crippen molar-refractivity contribution in [1.82, 2.24) is 14.7 Å². The molecule has 4 atom stereocenters. The van der Waals surface area contributed by atoms with Crippen LogP contribution in [-0.4, -0.2) is 77.1 Å². The van der Waals surface area contributed by atoms with E-state index < -0.39 is 5.97 Å². The van der Waals surface area contributed by atoms with Gasteiger partial charge < -0.3 is 19.8 Å². The second-order valence-corrected chi connectivity index (χ2v) is 6.87. The highest BCUT2D eigenvalue weighted by molar-refractivity contribution is 5.79. The molecule has 3 aliphatic heterocycles. The van der Waals surface area contributed by atoms with E-state index in [-0.39, 0.29) is 24.0 Å². The van der Waals surface area contributed by atoms with Crippen molar-refractivity contribution in [3.05, 3.63) is 0 Å². The third-order valence-electron chi connectivity index (χ3n) is 5.47. The van der Waals surface area contributed by atoms with Crippen LogP contribution in [0.15, 0.2) is 0 Å². The molecule has 4 unspecified atom stereocenters. The fraction of sp³-hybridized carbons (Fsp3) is 0.867. The van der Waals surface area contributed by atoms with E-state index in [1.807, 2.05) is 9.80 Å². The number of hydrogen-bond donors (Lipinski definition) is 1. The number of carboxylic acid groups (broad SMARTS) is 1. The van der Waals surface area contributed by atoms with E-state index in [9.17, 15) is 14.7 Å². The van der Waals surface area contributed by atoms with Crippen LogP contribution in [0.3, 0.4) is 0 Å². The SMILES string of the molecule is CN(C)C1CCCN(C(=O)N2C3CCC2C(C(=O)O)C3)C1. The summed E-state index contributed by atoms with van der Waals surface area (Å²) in [5.74, 6) is -1.10. The first-order valence-corrected chi connectivity index (χ1v) is 7.95.